The van der Waals surface area contributed by atoms with E-state index in [4.69, 9.17) is 5.11 Å². The normalized spacial score (nSPS) is 10.4. The predicted octanol–water partition coefficient (Wildman–Crippen LogP) is 2.20. The number of aromatic nitrogens is 1. The summed E-state index contributed by atoms with van der Waals surface area (Å²) in [5.74, 6) is 0.595. The van der Waals surface area contributed by atoms with Crippen LogP contribution < -0.4 is 5.32 Å². The molecular formula is C14H16N2O2S2. The first-order valence-corrected chi connectivity index (χ1v) is 8.21. The number of rotatable bonds is 7. The van der Waals surface area contributed by atoms with Crippen LogP contribution in [-0.2, 0) is 6.42 Å². The van der Waals surface area contributed by atoms with Crippen LogP contribution in [0, 0.1) is 0 Å². The van der Waals surface area contributed by atoms with Crippen molar-refractivity contribution in [1.82, 2.24) is 10.3 Å². The number of amides is 1. The molecule has 0 atom stereocenters. The number of thiazole rings is 1. The first-order chi connectivity index (χ1) is 9.79. The molecule has 0 saturated carbocycles. The highest BCUT2D eigenvalue weighted by Crippen LogP contribution is 2.17. The second kappa shape index (κ2) is 8.04. The van der Waals surface area contributed by atoms with Crippen LogP contribution in [-0.4, -0.2) is 34.9 Å². The van der Waals surface area contributed by atoms with E-state index in [2.05, 4.69) is 10.3 Å². The molecule has 6 heteroatoms. The van der Waals surface area contributed by atoms with Crippen LogP contribution in [0.15, 0.2) is 40.1 Å². The summed E-state index contributed by atoms with van der Waals surface area (Å²) in [5, 5.41) is 13.6. The lowest BCUT2D eigenvalue weighted by atomic mass is 10.2. The summed E-state index contributed by atoms with van der Waals surface area (Å²) < 4.78 is 0. The fraction of sp³-hybridized carbons (Fsp3) is 0.286. The van der Waals surface area contributed by atoms with Gasteiger partial charge in [0.25, 0.3) is 5.91 Å². The van der Waals surface area contributed by atoms with E-state index in [1.54, 1.807) is 40.7 Å². The molecule has 1 heterocycles. The third-order valence-corrected chi connectivity index (χ3v) is 4.25. The smallest absolute Gasteiger partial charge is 0.251 e. The van der Waals surface area contributed by atoms with Gasteiger partial charge in [0.2, 0.25) is 0 Å². The van der Waals surface area contributed by atoms with Crippen LogP contribution in [0.3, 0.4) is 0 Å². The molecule has 0 spiro atoms. The van der Waals surface area contributed by atoms with Crippen LogP contribution >= 0.6 is 23.1 Å². The van der Waals surface area contributed by atoms with Gasteiger partial charge in [0.15, 0.2) is 0 Å². The first kappa shape index (κ1) is 15.0. The Kier molecular flexibility index (Phi) is 6.04. The number of aliphatic hydroxyl groups is 1. The lowest BCUT2D eigenvalue weighted by Gasteiger charge is -2.05. The molecule has 20 heavy (non-hydrogen) atoms. The van der Waals surface area contributed by atoms with E-state index in [0.717, 1.165) is 17.0 Å². The van der Waals surface area contributed by atoms with E-state index in [-0.39, 0.29) is 12.5 Å². The SMILES string of the molecule is O=C(NCCc1cscn1)c1ccc(SCCO)cc1. The minimum absolute atomic E-state index is 0.0704. The number of nitrogens with zero attached hydrogens (tertiary/aromatic N) is 1. The fourth-order valence-corrected chi connectivity index (χ4v) is 2.88. The molecule has 1 aromatic carbocycles. The largest absolute Gasteiger partial charge is 0.396 e. The Hall–Kier alpha value is -1.37. The lowest BCUT2D eigenvalue weighted by Crippen LogP contribution is -2.25. The minimum atomic E-state index is -0.0704. The van der Waals surface area contributed by atoms with Crippen LogP contribution in [0.4, 0.5) is 0 Å². The van der Waals surface area contributed by atoms with Crippen molar-refractivity contribution in [2.75, 3.05) is 18.9 Å². The summed E-state index contributed by atoms with van der Waals surface area (Å²) in [5.41, 5.74) is 3.45. The van der Waals surface area contributed by atoms with Gasteiger partial charge in [-0.25, -0.2) is 4.98 Å². The van der Waals surface area contributed by atoms with Crippen LogP contribution in [0.25, 0.3) is 0 Å². The van der Waals surface area contributed by atoms with Crippen molar-refractivity contribution in [3.63, 3.8) is 0 Å². The van der Waals surface area contributed by atoms with E-state index < -0.39 is 0 Å². The van der Waals surface area contributed by atoms with Crippen molar-refractivity contribution in [1.29, 1.82) is 0 Å². The Morgan fingerprint density at radius 1 is 1.35 bits per heavy atom. The number of thioether (sulfide) groups is 1. The maximum Gasteiger partial charge on any atom is 0.251 e. The van der Waals surface area contributed by atoms with Gasteiger partial charge in [-0.05, 0) is 24.3 Å². The molecule has 0 aliphatic heterocycles. The van der Waals surface area contributed by atoms with Gasteiger partial charge < -0.3 is 10.4 Å². The zero-order chi connectivity index (χ0) is 14.2. The Balaban J connectivity index is 1.79. The van der Waals surface area contributed by atoms with Crippen LogP contribution in [0.1, 0.15) is 16.1 Å². The van der Waals surface area contributed by atoms with Crippen LogP contribution in [0.2, 0.25) is 0 Å². The van der Waals surface area contributed by atoms with Gasteiger partial charge in [0.1, 0.15) is 0 Å². The number of nitrogens with one attached hydrogen (secondary N) is 1. The van der Waals surface area contributed by atoms with Crippen molar-refractivity contribution in [3.8, 4) is 0 Å². The summed E-state index contributed by atoms with van der Waals surface area (Å²) in [4.78, 5) is 17.1. The van der Waals surface area contributed by atoms with E-state index in [0.29, 0.717) is 17.9 Å². The summed E-state index contributed by atoms with van der Waals surface area (Å²) >= 11 is 3.13. The molecule has 0 aliphatic carbocycles. The molecule has 2 rings (SSSR count). The summed E-state index contributed by atoms with van der Waals surface area (Å²) in [6.45, 7) is 0.743. The standard InChI is InChI=1S/C14H16N2O2S2/c17-7-8-20-13-3-1-11(2-4-13)14(18)15-6-5-12-9-19-10-16-12/h1-4,9-10,17H,5-8H2,(H,15,18). The predicted molar refractivity (Wildman–Crippen MR) is 82.4 cm³/mol. The fourth-order valence-electron chi connectivity index (χ4n) is 1.63. The maximum atomic E-state index is 11.9. The molecule has 0 saturated heterocycles. The first-order valence-electron chi connectivity index (χ1n) is 6.28. The number of hydrogen-bond donors (Lipinski definition) is 2. The molecule has 2 aromatic rings. The van der Waals surface area contributed by atoms with Gasteiger partial charge in [-0.3, -0.25) is 4.79 Å². The van der Waals surface area contributed by atoms with Crippen molar-refractivity contribution in [2.45, 2.75) is 11.3 Å². The second-order valence-electron chi connectivity index (χ2n) is 4.08. The lowest BCUT2D eigenvalue weighted by molar-refractivity contribution is 0.0954. The highest BCUT2D eigenvalue weighted by atomic mass is 32.2. The third-order valence-electron chi connectivity index (χ3n) is 2.63. The molecule has 4 nitrogen and oxygen atoms in total. The molecule has 0 bridgehead atoms. The quantitative estimate of drug-likeness (QED) is 0.770. The zero-order valence-electron chi connectivity index (χ0n) is 10.9. The second-order valence-corrected chi connectivity index (χ2v) is 5.97. The van der Waals surface area contributed by atoms with Gasteiger partial charge in [0.05, 0.1) is 17.8 Å². The van der Waals surface area contributed by atoms with Crippen molar-refractivity contribution >= 4 is 29.0 Å². The van der Waals surface area contributed by atoms with E-state index in [1.165, 1.54) is 0 Å². The van der Waals surface area contributed by atoms with Gasteiger partial charge in [-0.2, -0.15) is 0 Å². The molecule has 0 aliphatic rings. The van der Waals surface area contributed by atoms with Gasteiger partial charge in [-0.1, -0.05) is 0 Å². The van der Waals surface area contributed by atoms with Crippen LogP contribution in [0.5, 0.6) is 0 Å². The van der Waals surface area contributed by atoms with E-state index >= 15 is 0 Å². The Morgan fingerprint density at radius 2 is 2.15 bits per heavy atom. The molecule has 106 valence electrons. The third kappa shape index (κ3) is 4.63. The molecule has 1 amide bonds. The average molecular weight is 308 g/mol. The number of aliphatic hydroxyl groups excluding tert-OH is 1. The number of benzene rings is 1. The molecular weight excluding hydrogens is 292 g/mol. The monoisotopic (exact) mass is 308 g/mol. The topological polar surface area (TPSA) is 62.2 Å². The summed E-state index contributed by atoms with van der Waals surface area (Å²) in [6, 6.07) is 7.40. The van der Waals surface area contributed by atoms with E-state index in [9.17, 15) is 4.79 Å². The van der Waals surface area contributed by atoms with Gasteiger partial charge >= 0.3 is 0 Å². The van der Waals surface area contributed by atoms with Gasteiger partial charge in [-0.15, -0.1) is 23.1 Å². The zero-order valence-corrected chi connectivity index (χ0v) is 12.5. The van der Waals surface area contributed by atoms with Crippen molar-refractivity contribution in [2.24, 2.45) is 0 Å². The van der Waals surface area contributed by atoms with Crippen molar-refractivity contribution in [3.05, 3.63) is 46.4 Å². The molecule has 2 N–H and O–H groups in total. The maximum absolute atomic E-state index is 11.9. The molecule has 0 unspecified atom stereocenters. The van der Waals surface area contributed by atoms with Gasteiger partial charge in [0, 0.05) is 34.6 Å². The summed E-state index contributed by atoms with van der Waals surface area (Å²) in [7, 11) is 0. The number of carbonyl (C=O) groups excluding carboxylic acids is 1. The number of carbonyl (C=O) groups is 1. The Bertz CT molecular complexity index is 527. The van der Waals surface area contributed by atoms with E-state index in [1.807, 2.05) is 17.5 Å². The molecule has 0 radical (unpaired) electrons. The average Bonchev–Trinajstić information content (AvgIpc) is 2.99. The highest BCUT2D eigenvalue weighted by Gasteiger charge is 2.05. The number of hydrogen-bond acceptors (Lipinski definition) is 5. The minimum Gasteiger partial charge on any atom is -0.396 e. The molecule has 1 aromatic heterocycles. The highest BCUT2D eigenvalue weighted by molar-refractivity contribution is 7.99. The Labute approximate surface area is 126 Å². The summed E-state index contributed by atoms with van der Waals surface area (Å²) in [6.07, 6.45) is 0.750. The van der Waals surface area contributed by atoms with Crippen molar-refractivity contribution < 1.29 is 9.90 Å². The Morgan fingerprint density at radius 3 is 2.80 bits per heavy atom. The molecule has 0 fully saturated rings.